The summed E-state index contributed by atoms with van der Waals surface area (Å²) in [6, 6.07) is 0.488. The first-order chi connectivity index (χ1) is 8.71. The van der Waals surface area contributed by atoms with E-state index >= 15 is 0 Å². The van der Waals surface area contributed by atoms with Crippen LogP contribution in [0.2, 0.25) is 0 Å². The Morgan fingerprint density at radius 2 is 1.95 bits per heavy atom. The van der Waals surface area contributed by atoms with Crippen molar-refractivity contribution in [2.24, 2.45) is 17.8 Å². The molecule has 2 fully saturated rings. The van der Waals surface area contributed by atoms with Crippen molar-refractivity contribution in [1.82, 2.24) is 5.32 Å². The van der Waals surface area contributed by atoms with E-state index in [0.717, 1.165) is 12.3 Å². The summed E-state index contributed by atoms with van der Waals surface area (Å²) in [6.07, 6.45) is 4.55. The molecule has 0 aromatic heterocycles. The molecule has 0 aromatic carbocycles. The Labute approximate surface area is 118 Å². The fourth-order valence-electron chi connectivity index (χ4n) is 3.94. The lowest BCUT2D eigenvalue weighted by Crippen LogP contribution is -2.54. The second-order valence-corrected chi connectivity index (χ2v) is 9.66. The van der Waals surface area contributed by atoms with Crippen molar-refractivity contribution in [3.05, 3.63) is 0 Å². The monoisotopic (exact) mass is 287 g/mol. The lowest BCUT2D eigenvalue weighted by molar-refractivity contribution is 0.143. The van der Waals surface area contributed by atoms with Crippen LogP contribution in [0.15, 0.2) is 0 Å². The predicted molar refractivity (Wildman–Crippen MR) is 79.9 cm³/mol. The quantitative estimate of drug-likeness (QED) is 0.868. The molecule has 4 atom stereocenters. The topological polar surface area (TPSA) is 46.2 Å². The first-order valence-corrected chi connectivity index (χ1v) is 9.51. The normalized spacial score (nSPS) is 42.7. The maximum absolute atomic E-state index is 11.7. The summed E-state index contributed by atoms with van der Waals surface area (Å²) in [5.74, 6) is 2.79. The van der Waals surface area contributed by atoms with E-state index < -0.39 is 9.84 Å². The molecule has 0 amide bonds. The van der Waals surface area contributed by atoms with Crippen LogP contribution in [0.25, 0.3) is 0 Å². The van der Waals surface area contributed by atoms with Gasteiger partial charge in [-0.2, -0.15) is 0 Å². The molecular formula is C15H29NO2S. The molecule has 2 aliphatic rings. The minimum atomic E-state index is -2.82. The number of nitrogens with one attached hydrogen (secondary N) is 1. The Balaban J connectivity index is 2.07. The molecule has 1 aliphatic carbocycles. The summed E-state index contributed by atoms with van der Waals surface area (Å²) in [7, 11) is -2.82. The zero-order chi connectivity index (χ0) is 14.3. The van der Waals surface area contributed by atoms with Gasteiger partial charge >= 0.3 is 0 Å². The molecule has 112 valence electrons. The number of rotatable bonds is 3. The second kappa shape index (κ2) is 5.36. The molecule has 0 spiro atoms. The first-order valence-electron chi connectivity index (χ1n) is 7.69. The summed E-state index contributed by atoms with van der Waals surface area (Å²) in [4.78, 5) is 0. The van der Waals surface area contributed by atoms with Crippen LogP contribution in [0.5, 0.6) is 0 Å². The molecule has 0 radical (unpaired) electrons. The van der Waals surface area contributed by atoms with Gasteiger partial charge in [0.25, 0.3) is 0 Å². The van der Waals surface area contributed by atoms with Gasteiger partial charge in [-0.1, -0.05) is 27.2 Å². The Bertz CT molecular complexity index is 418. The third-order valence-corrected chi connectivity index (χ3v) is 6.96. The summed E-state index contributed by atoms with van der Waals surface area (Å²) in [5, 5.41) is 3.73. The molecule has 3 nitrogen and oxygen atoms in total. The molecule has 2 rings (SSSR count). The van der Waals surface area contributed by atoms with Crippen molar-refractivity contribution in [1.29, 1.82) is 0 Å². The van der Waals surface area contributed by atoms with Crippen LogP contribution in [0.1, 0.15) is 53.4 Å². The van der Waals surface area contributed by atoms with E-state index in [9.17, 15) is 8.42 Å². The lowest BCUT2D eigenvalue weighted by Gasteiger charge is -2.42. The average Bonchev–Trinajstić information content (AvgIpc) is 2.52. The van der Waals surface area contributed by atoms with Gasteiger partial charge in [-0.05, 0) is 43.9 Å². The maximum atomic E-state index is 11.7. The number of sulfone groups is 1. The van der Waals surface area contributed by atoms with Crippen LogP contribution in [-0.2, 0) is 9.84 Å². The van der Waals surface area contributed by atoms with Crippen LogP contribution >= 0.6 is 0 Å². The standard InChI is InChI=1S/C15H29NO2S/c1-11(2)13-6-5-12(3)9-14(13)16-15(4)7-8-19(17,18)10-15/h11-14,16H,5-10H2,1-4H3. The van der Waals surface area contributed by atoms with Crippen LogP contribution in [0.3, 0.4) is 0 Å². The molecule has 1 heterocycles. The fourth-order valence-corrected chi connectivity index (χ4v) is 6.04. The van der Waals surface area contributed by atoms with E-state index in [0.29, 0.717) is 29.4 Å². The van der Waals surface area contributed by atoms with E-state index in [1.54, 1.807) is 0 Å². The van der Waals surface area contributed by atoms with Crippen LogP contribution in [-0.4, -0.2) is 31.5 Å². The Morgan fingerprint density at radius 3 is 2.47 bits per heavy atom. The molecule has 4 heteroatoms. The first kappa shape index (κ1) is 15.3. The highest BCUT2D eigenvalue weighted by molar-refractivity contribution is 7.91. The summed E-state index contributed by atoms with van der Waals surface area (Å²) in [5.41, 5.74) is -0.201. The van der Waals surface area contributed by atoms with E-state index in [1.807, 2.05) is 0 Å². The Hall–Kier alpha value is -0.0900. The van der Waals surface area contributed by atoms with Gasteiger partial charge in [0.15, 0.2) is 9.84 Å². The minimum Gasteiger partial charge on any atom is -0.307 e. The van der Waals surface area contributed by atoms with E-state index in [-0.39, 0.29) is 5.54 Å². The molecule has 0 aromatic rings. The highest BCUT2D eigenvalue weighted by Crippen LogP contribution is 2.35. The van der Waals surface area contributed by atoms with Crippen molar-refractivity contribution in [2.75, 3.05) is 11.5 Å². The molecule has 1 N–H and O–H groups in total. The van der Waals surface area contributed by atoms with Gasteiger partial charge in [-0.25, -0.2) is 8.42 Å². The average molecular weight is 287 g/mol. The molecule has 1 saturated carbocycles. The molecule has 0 bridgehead atoms. The predicted octanol–water partition coefficient (Wildman–Crippen LogP) is 2.61. The van der Waals surface area contributed by atoms with Gasteiger partial charge in [-0.15, -0.1) is 0 Å². The lowest BCUT2D eigenvalue weighted by atomic mass is 9.73. The third kappa shape index (κ3) is 3.72. The van der Waals surface area contributed by atoms with E-state index in [1.165, 1.54) is 19.3 Å². The fraction of sp³-hybridized carbons (Fsp3) is 1.00. The molecule has 1 aliphatic heterocycles. The number of hydrogen-bond donors (Lipinski definition) is 1. The Kier molecular flexibility index (Phi) is 4.32. The summed E-state index contributed by atoms with van der Waals surface area (Å²) >= 11 is 0. The van der Waals surface area contributed by atoms with Gasteiger partial charge in [0.05, 0.1) is 11.5 Å². The van der Waals surface area contributed by atoms with E-state index in [4.69, 9.17) is 0 Å². The zero-order valence-corrected chi connectivity index (χ0v) is 13.6. The van der Waals surface area contributed by atoms with Gasteiger partial charge in [-0.3, -0.25) is 0 Å². The zero-order valence-electron chi connectivity index (χ0n) is 12.8. The maximum Gasteiger partial charge on any atom is 0.152 e. The van der Waals surface area contributed by atoms with Crippen molar-refractivity contribution < 1.29 is 8.42 Å². The van der Waals surface area contributed by atoms with Crippen molar-refractivity contribution >= 4 is 9.84 Å². The van der Waals surface area contributed by atoms with Gasteiger partial charge in [0.2, 0.25) is 0 Å². The minimum absolute atomic E-state index is 0.201. The second-order valence-electron chi connectivity index (χ2n) is 7.48. The molecule has 4 unspecified atom stereocenters. The van der Waals surface area contributed by atoms with E-state index in [2.05, 4.69) is 33.0 Å². The third-order valence-electron chi connectivity index (χ3n) is 5.06. The molecule has 1 saturated heterocycles. The smallest absolute Gasteiger partial charge is 0.152 e. The van der Waals surface area contributed by atoms with Gasteiger partial charge in [0, 0.05) is 11.6 Å². The molecule has 19 heavy (non-hydrogen) atoms. The van der Waals surface area contributed by atoms with Gasteiger partial charge < -0.3 is 5.32 Å². The molecular weight excluding hydrogens is 258 g/mol. The van der Waals surface area contributed by atoms with Gasteiger partial charge in [0.1, 0.15) is 0 Å². The largest absolute Gasteiger partial charge is 0.307 e. The van der Waals surface area contributed by atoms with Crippen molar-refractivity contribution in [3.63, 3.8) is 0 Å². The summed E-state index contributed by atoms with van der Waals surface area (Å²) in [6.45, 7) is 9.00. The number of hydrogen-bond acceptors (Lipinski definition) is 3. The Morgan fingerprint density at radius 1 is 1.26 bits per heavy atom. The van der Waals surface area contributed by atoms with Crippen LogP contribution in [0, 0.1) is 17.8 Å². The highest BCUT2D eigenvalue weighted by Gasteiger charge is 2.42. The van der Waals surface area contributed by atoms with Crippen molar-refractivity contribution in [3.8, 4) is 0 Å². The van der Waals surface area contributed by atoms with Crippen LogP contribution < -0.4 is 5.32 Å². The summed E-state index contributed by atoms with van der Waals surface area (Å²) < 4.78 is 23.5. The SMILES string of the molecule is CC1CCC(C(C)C)C(NC2(C)CCS(=O)(=O)C2)C1. The highest BCUT2D eigenvalue weighted by atomic mass is 32.2. The van der Waals surface area contributed by atoms with Crippen molar-refractivity contribution in [2.45, 2.75) is 65.0 Å². The van der Waals surface area contributed by atoms with Crippen LogP contribution in [0.4, 0.5) is 0 Å².